The molecule has 6 nitrogen and oxygen atoms in total. The standard InChI is InChI=1S/C19H27N5O/c1-2-3-10-16-23-17-18(24(16)12-7-6-11-21-13-25)14-8-4-5-9-15(14)22-19(17)20/h4-5,8-9,21,25H,2-3,6-7,10-13H2,1H3,(H2,20,22). The number of aliphatic hydroxyl groups excluding tert-OH is 1. The van der Waals surface area contributed by atoms with Gasteiger partial charge >= 0.3 is 0 Å². The number of hydrogen-bond acceptors (Lipinski definition) is 5. The van der Waals surface area contributed by atoms with E-state index in [1.54, 1.807) is 0 Å². The Kier molecular flexibility index (Phi) is 5.83. The van der Waals surface area contributed by atoms with Gasteiger partial charge in [-0.1, -0.05) is 31.5 Å². The van der Waals surface area contributed by atoms with Crippen LogP contribution in [0.15, 0.2) is 24.3 Å². The minimum Gasteiger partial charge on any atom is -0.382 e. The van der Waals surface area contributed by atoms with E-state index in [0.29, 0.717) is 5.82 Å². The Morgan fingerprint density at radius 3 is 2.80 bits per heavy atom. The van der Waals surface area contributed by atoms with Crippen LogP contribution in [0.25, 0.3) is 21.9 Å². The van der Waals surface area contributed by atoms with Crippen LogP contribution in [0.5, 0.6) is 0 Å². The molecule has 2 aromatic heterocycles. The molecular weight excluding hydrogens is 314 g/mol. The molecule has 1 aromatic carbocycles. The van der Waals surface area contributed by atoms with Crippen molar-refractivity contribution in [3.63, 3.8) is 0 Å². The summed E-state index contributed by atoms with van der Waals surface area (Å²) in [5.74, 6) is 1.60. The van der Waals surface area contributed by atoms with Crippen LogP contribution in [-0.2, 0) is 13.0 Å². The van der Waals surface area contributed by atoms with E-state index in [1.165, 1.54) is 0 Å². The molecule has 3 aromatic rings. The fraction of sp³-hybridized carbons (Fsp3) is 0.474. The Hall–Kier alpha value is -2.18. The van der Waals surface area contributed by atoms with E-state index in [4.69, 9.17) is 15.8 Å². The first kappa shape index (κ1) is 17.6. The van der Waals surface area contributed by atoms with Crippen LogP contribution in [0.3, 0.4) is 0 Å². The highest BCUT2D eigenvalue weighted by Gasteiger charge is 2.16. The number of nitrogen functional groups attached to an aromatic ring is 1. The maximum atomic E-state index is 8.83. The molecule has 0 saturated heterocycles. The number of nitrogens with one attached hydrogen (secondary N) is 1. The molecule has 2 heterocycles. The number of benzene rings is 1. The number of aliphatic hydroxyl groups is 1. The number of fused-ring (bicyclic) bond motifs is 3. The number of rotatable bonds is 9. The fourth-order valence-corrected chi connectivity index (χ4v) is 3.27. The molecule has 3 rings (SSSR count). The van der Waals surface area contributed by atoms with Gasteiger partial charge in [0.25, 0.3) is 0 Å². The number of aryl methyl sites for hydroxylation is 2. The summed E-state index contributed by atoms with van der Waals surface area (Å²) in [7, 11) is 0. The third-order valence-corrected chi connectivity index (χ3v) is 4.54. The average molecular weight is 341 g/mol. The Bertz CT molecular complexity index is 843. The molecule has 0 aliphatic carbocycles. The summed E-state index contributed by atoms with van der Waals surface area (Å²) < 4.78 is 2.32. The van der Waals surface area contributed by atoms with Crippen LogP contribution in [0, 0.1) is 0 Å². The number of nitrogens with zero attached hydrogens (tertiary/aromatic N) is 3. The maximum absolute atomic E-state index is 8.83. The largest absolute Gasteiger partial charge is 0.382 e. The number of aromatic nitrogens is 3. The van der Waals surface area contributed by atoms with Gasteiger partial charge in [-0.15, -0.1) is 0 Å². The van der Waals surface area contributed by atoms with Crippen molar-refractivity contribution < 1.29 is 5.11 Å². The lowest BCUT2D eigenvalue weighted by atomic mass is 10.2. The summed E-state index contributed by atoms with van der Waals surface area (Å²) in [6.07, 6.45) is 5.23. The number of anilines is 1. The van der Waals surface area contributed by atoms with Crippen LogP contribution in [0.2, 0.25) is 0 Å². The second kappa shape index (κ2) is 8.27. The molecule has 0 atom stereocenters. The highest BCUT2D eigenvalue weighted by molar-refractivity contribution is 6.06. The van der Waals surface area contributed by atoms with Gasteiger partial charge in [0.05, 0.1) is 17.8 Å². The lowest BCUT2D eigenvalue weighted by Crippen LogP contribution is -2.16. The molecule has 0 fully saturated rings. The highest BCUT2D eigenvalue weighted by atomic mass is 16.3. The van der Waals surface area contributed by atoms with Gasteiger partial charge < -0.3 is 15.4 Å². The molecule has 4 N–H and O–H groups in total. The number of para-hydroxylation sites is 1. The van der Waals surface area contributed by atoms with Gasteiger partial charge in [0, 0.05) is 18.4 Å². The number of nitrogens with two attached hydrogens (primary N) is 1. The molecule has 0 amide bonds. The second-order valence-electron chi connectivity index (χ2n) is 6.36. The molecule has 0 bridgehead atoms. The molecular formula is C19H27N5O. The number of hydrogen-bond donors (Lipinski definition) is 3. The van der Waals surface area contributed by atoms with E-state index in [1.807, 2.05) is 18.2 Å². The predicted molar refractivity (Wildman–Crippen MR) is 102 cm³/mol. The molecule has 0 aliphatic heterocycles. The lowest BCUT2D eigenvalue weighted by Gasteiger charge is -2.11. The van der Waals surface area contributed by atoms with Gasteiger partial charge in [-0.05, 0) is 31.9 Å². The van der Waals surface area contributed by atoms with Crippen LogP contribution in [-0.4, -0.2) is 32.9 Å². The molecule has 25 heavy (non-hydrogen) atoms. The number of unbranched alkanes of at least 4 members (excludes halogenated alkanes) is 2. The van der Waals surface area contributed by atoms with Crippen molar-refractivity contribution in [2.24, 2.45) is 0 Å². The molecule has 0 saturated carbocycles. The fourth-order valence-electron chi connectivity index (χ4n) is 3.27. The van der Waals surface area contributed by atoms with Gasteiger partial charge in [-0.25, -0.2) is 9.97 Å². The zero-order valence-corrected chi connectivity index (χ0v) is 14.8. The first-order chi connectivity index (χ1) is 12.3. The number of pyridine rings is 1. The molecule has 134 valence electrons. The van der Waals surface area contributed by atoms with Crippen molar-refractivity contribution >= 4 is 27.8 Å². The SMILES string of the molecule is CCCCc1nc2c(N)nc3ccccc3c2n1CCCCNCO. The van der Waals surface area contributed by atoms with Crippen molar-refractivity contribution in [3.05, 3.63) is 30.1 Å². The smallest absolute Gasteiger partial charge is 0.152 e. The topological polar surface area (TPSA) is 89.0 Å². The molecule has 0 unspecified atom stereocenters. The van der Waals surface area contributed by atoms with E-state index in [0.717, 1.165) is 73.0 Å². The Morgan fingerprint density at radius 2 is 2.00 bits per heavy atom. The van der Waals surface area contributed by atoms with Gasteiger partial charge in [-0.2, -0.15) is 0 Å². The summed E-state index contributed by atoms with van der Waals surface area (Å²) in [6.45, 7) is 3.94. The molecule has 0 radical (unpaired) electrons. The van der Waals surface area contributed by atoms with Crippen molar-refractivity contribution in [2.75, 3.05) is 19.0 Å². The van der Waals surface area contributed by atoms with Crippen LogP contribution in [0.4, 0.5) is 5.82 Å². The van der Waals surface area contributed by atoms with Crippen molar-refractivity contribution in [3.8, 4) is 0 Å². The molecule has 6 heteroatoms. The minimum absolute atomic E-state index is 0.0304. The van der Waals surface area contributed by atoms with Crippen LogP contribution in [0.1, 0.15) is 38.4 Å². The number of imidazole rings is 1. The van der Waals surface area contributed by atoms with E-state index < -0.39 is 0 Å². The molecule has 0 spiro atoms. The second-order valence-corrected chi connectivity index (χ2v) is 6.36. The first-order valence-electron chi connectivity index (χ1n) is 9.11. The van der Waals surface area contributed by atoms with E-state index in [-0.39, 0.29) is 6.73 Å². The van der Waals surface area contributed by atoms with E-state index in [9.17, 15) is 0 Å². The summed E-state index contributed by atoms with van der Waals surface area (Å²) in [6, 6.07) is 8.12. The van der Waals surface area contributed by atoms with Gasteiger partial charge in [0.1, 0.15) is 11.3 Å². The van der Waals surface area contributed by atoms with Crippen LogP contribution >= 0.6 is 0 Å². The van der Waals surface area contributed by atoms with Gasteiger partial charge in [-0.3, -0.25) is 5.32 Å². The van der Waals surface area contributed by atoms with E-state index >= 15 is 0 Å². The summed E-state index contributed by atoms with van der Waals surface area (Å²) in [4.78, 5) is 9.36. The first-order valence-corrected chi connectivity index (χ1v) is 9.11. The normalized spacial score (nSPS) is 11.6. The van der Waals surface area contributed by atoms with Crippen molar-refractivity contribution in [1.82, 2.24) is 19.9 Å². The van der Waals surface area contributed by atoms with E-state index in [2.05, 4.69) is 27.9 Å². The van der Waals surface area contributed by atoms with Gasteiger partial charge in [0.15, 0.2) is 5.82 Å². The third-order valence-electron chi connectivity index (χ3n) is 4.54. The summed E-state index contributed by atoms with van der Waals surface area (Å²) in [5, 5.41) is 12.9. The lowest BCUT2D eigenvalue weighted by molar-refractivity contribution is 0.259. The zero-order chi connectivity index (χ0) is 17.6. The average Bonchev–Trinajstić information content (AvgIpc) is 2.99. The maximum Gasteiger partial charge on any atom is 0.152 e. The minimum atomic E-state index is 0.0304. The third kappa shape index (κ3) is 3.75. The molecule has 0 aliphatic rings. The van der Waals surface area contributed by atoms with Gasteiger partial charge in [0.2, 0.25) is 0 Å². The quantitative estimate of drug-likeness (QED) is 0.411. The summed E-state index contributed by atoms with van der Waals surface area (Å²) in [5.41, 5.74) is 9.04. The van der Waals surface area contributed by atoms with Crippen molar-refractivity contribution in [2.45, 2.75) is 45.6 Å². The van der Waals surface area contributed by atoms with Crippen LogP contribution < -0.4 is 11.1 Å². The Labute approximate surface area is 148 Å². The highest BCUT2D eigenvalue weighted by Crippen LogP contribution is 2.29. The zero-order valence-electron chi connectivity index (χ0n) is 14.8. The Morgan fingerprint density at radius 1 is 1.16 bits per heavy atom. The predicted octanol–water partition coefficient (Wildman–Crippen LogP) is 2.83. The summed E-state index contributed by atoms with van der Waals surface area (Å²) >= 11 is 0. The van der Waals surface area contributed by atoms with Crippen molar-refractivity contribution in [1.29, 1.82) is 0 Å². The monoisotopic (exact) mass is 341 g/mol. The Balaban J connectivity index is 2.02.